The molecule has 1 unspecified atom stereocenters. The van der Waals surface area contributed by atoms with Crippen molar-refractivity contribution < 1.29 is 31.2 Å². The monoisotopic (exact) mass is 699 g/mol. The Balaban J connectivity index is 1.75. The lowest BCUT2D eigenvalue weighted by Gasteiger charge is -2.33. The first-order valence-electron chi connectivity index (χ1n) is 13.6. The van der Waals surface area contributed by atoms with Crippen molar-refractivity contribution in [2.45, 2.75) is 62.3 Å². The Morgan fingerprint density at radius 3 is 2.26 bits per heavy atom. The molecular formula is C30H30BrClF3N3O4S. The van der Waals surface area contributed by atoms with Crippen molar-refractivity contribution in [3.05, 3.63) is 93.4 Å². The van der Waals surface area contributed by atoms with Gasteiger partial charge >= 0.3 is 6.18 Å². The van der Waals surface area contributed by atoms with Crippen LogP contribution in [0.1, 0.15) is 43.7 Å². The van der Waals surface area contributed by atoms with Gasteiger partial charge in [-0.25, -0.2) is 8.42 Å². The van der Waals surface area contributed by atoms with Gasteiger partial charge in [0.2, 0.25) is 11.8 Å². The van der Waals surface area contributed by atoms with E-state index < -0.39 is 51.9 Å². The van der Waals surface area contributed by atoms with Crippen LogP contribution in [-0.4, -0.2) is 43.8 Å². The maximum absolute atomic E-state index is 14.0. The molecule has 1 saturated carbocycles. The minimum atomic E-state index is -4.80. The molecule has 1 aliphatic carbocycles. The molecule has 43 heavy (non-hydrogen) atoms. The Labute approximate surface area is 262 Å². The molecular weight excluding hydrogens is 671 g/mol. The van der Waals surface area contributed by atoms with Gasteiger partial charge in [0.25, 0.3) is 10.0 Å². The van der Waals surface area contributed by atoms with Crippen molar-refractivity contribution in [2.75, 3.05) is 10.8 Å². The van der Waals surface area contributed by atoms with E-state index in [4.69, 9.17) is 11.6 Å². The Hall–Kier alpha value is -3.09. The average molecular weight is 701 g/mol. The van der Waals surface area contributed by atoms with E-state index in [1.54, 1.807) is 30.3 Å². The molecule has 3 aromatic rings. The second-order valence-electron chi connectivity index (χ2n) is 10.3. The number of nitrogens with zero attached hydrogens (tertiary/aromatic N) is 2. The first-order chi connectivity index (χ1) is 20.3. The molecule has 0 aromatic heterocycles. The molecule has 1 aliphatic rings. The summed E-state index contributed by atoms with van der Waals surface area (Å²) in [5.74, 6) is -1.21. The number of benzene rings is 3. The Morgan fingerprint density at radius 1 is 1.02 bits per heavy atom. The summed E-state index contributed by atoms with van der Waals surface area (Å²) in [6, 6.07) is 15.3. The minimum absolute atomic E-state index is 0.0292. The third-order valence-corrected chi connectivity index (χ3v) is 9.91. The zero-order valence-corrected chi connectivity index (χ0v) is 26.3. The molecule has 0 saturated heterocycles. The summed E-state index contributed by atoms with van der Waals surface area (Å²) in [6.07, 6.45) is -1.21. The maximum atomic E-state index is 14.0. The summed E-state index contributed by atoms with van der Waals surface area (Å²) in [4.78, 5) is 28.3. The second kappa shape index (κ2) is 13.7. The van der Waals surface area contributed by atoms with Crippen molar-refractivity contribution in [1.82, 2.24) is 10.2 Å². The highest BCUT2D eigenvalue weighted by molar-refractivity contribution is 9.10. The normalized spacial score (nSPS) is 14.7. The molecule has 4 rings (SSSR count). The van der Waals surface area contributed by atoms with Crippen LogP contribution in [0.3, 0.4) is 0 Å². The van der Waals surface area contributed by atoms with Crippen molar-refractivity contribution in [1.29, 1.82) is 0 Å². The standard InChI is InChI=1S/C30H30BrClF3N3O4S/c1-20(29(40)36-24-7-5-6-8-24)37(18-21-11-14-23(31)15-12-21)28(39)19-38(43(41,42)25-9-3-2-4-10-25)27-17-22(30(33,34)35)13-16-26(27)32/h2-4,9-17,20,24H,5-8,18-19H2,1H3,(H,36,40). The van der Waals surface area contributed by atoms with Gasteiger partial charge in [-0.15, -0.1) is 0 Å². The number of carbonyl (C=O) groups excluding carboxylic acids is 2. The fourth-order valence-corrected chi connectivity index (χ4v) is 6.85. The topological polar surface area (TPSA) is 86.8 Å². The molecule has 1 fully saturated rings. The molecule has 0 heterocycles. The number of sulfonamides is 1. The molecule has 13 heteroatoms. The Kier molecular flexibility index (Phi) is 10.4. The fourth-order valence-electron chi connectivity index (χ4n) is 4.87. The number of halogens is 5. The molecule has 2 amide bonds. The number of rotatable bonds is 10. The van der Waals surface area contributed by atoms with Crippen molar-refractivity contribution in [3.63, 3.8) is 0 Å². The molecule has 1 atom stereocenters. The van der Waals surface area contributed by atoms with Crippen LogP contribution in [0.5, 0.6) is 0 Å². The quantitative estimate of drug-likeness (QED) is 0.252. The van der Waals surface area contributed by atoms with Gasteiger partial charge in [-0.3, -0.25) is 13.9 Å². The SMILES string of the molecule is CC(C(=O)NC1CCCC1)N(Cc1ccc(Br)cc1)C(=O)CN(c1cc(C(F)(F)F)ccc1Cl)S(=O)(=O)c1ccccc1. The lowest BCUT2D eigenvalue weighted by Crippen LogP contribution is -2.52. The van der Waals surface area contributed by atoms with Gasteiger partial charge in [-0.2, -0.15) is 13.2 Å². The van der Waals surface area contributed by atoms with Gasteiger partial charge in [0.1, 0.15) is 12.6 Å². The zero-order chi connectivity index (χ0) is 31.4. The maximum Gasteiger partial charge on any atom is 0.416 e. The largest absolute Gasteiger partial charge is 0.416 e. The number of carbonyl (C=O) groups is 2. The number of nitrogens with one attached hydrogen (secondary N) is 1. The first-order valence-corrected chi connectivity index (χ1v) is 16.2. The summed E-state index contributed by atoms with van der Waals surface area (Å²) >= 11 is 9.64. The van der Waals surface area contributed by atoms with Crippen LogP contribution in [0.4, 0.5) is 18.9 Å². The van der Waals surface area contributed by atoms with E-state index >= 15 is 0 Å². The number of amides is 2. The van der Waals surface area contributed by atoms with Crippen LogP contribution in [0.25, 0.3) is 0 Å². The van der Waals surface area contributed by atoms with E-state index in [1.165, 1.54) is 36.1 Å². The fraction of sp³-hybridized carbons (Fsp3) is 0.333. The summed E-state index contributed by atoms with van der Waals surface area (Å²) in [5.41, 5.74) is -0.990. The van der Waals surface area contributed by atoms with Crippen LogP contribution in [0.15, 0.2) is 82.2 Å². The zero-order valence-electron chi connectivity index (χ0n) is 23.2. The highest BCUT2D eigenvalue weighted by Gasteiger charge is 2.36. The van der Waals surface area contributed by atoms with E-state index in [0.29, 0.717) is 15.9 Å². The second-order valence-corrected chi connectivity index (χ2v) is 13.5. The van der Waals surface area contributed by atoms with Crippen molar-refractivity contribution in [3.8, 4) is 0 Å². The lowest BCUT2D eigenvalue weighted by molar-refractivity contribution is -0.139. The molecule has 0 bridgehead atoms. The summed E-state index contributed by atoms with van der Waals surface area (Å²) in [6.45, 7) is 0.574. The number of alkyl halides is 3. The molecule has 0 aliphatic heterocycles. The number of anilines is 1. The number of hydrogen-bond donors (Lipinski definition) is 1. The van der Waals surface area contributed by atoms with Crippen molar-refractivity contribution in [2.24, 2.45) is 0 Å². The third-order valence-electron chi connectivity index (χ3n) is 7.29. The minimum Gasteiger partial charge on any atom is -0.352 e. The summed E-state index contributed by atoms with van der Waals surface area (Å²) in [7, 11) is -4.58. The van der Waals surface area contributed by atoms with Crippen LogP contribution in [0.2, 0.25) is 5.02 Å². The highest BCUT2D eigenvalue weighted by Crippen LogP contribution is 2.37. The summed E-state index contributed by atoms with van der Waals surface area (Å²) in [5, 5.41) is 2.67. The van der Waals surface area contributed by atoms with E-state index in [0.717, 1.165) is 42.3 Å². The van der Waals surface area contributed by atoms with Gasteiger partial charge in [0.05, 0.1) is 21.2 Å². The molecule has 230 valence electrons. The van der Waals surface area contributed by atoms with E-state index in [-0.39, 0.29) is 22.5 Å². The Morgan fingerprint density at radius 2 is 1.65 bits per heavy atom. The van der Waals surface area contributed by atoms with Crippen LogP contribution in [0, 0.1) is 0 Å². The molecule has 0 spiro atoms. The molecule has 1 N–H and O–H groups in total. The van der Waals surface area contributed by atoms with Gasteiger partial charge in [0.15, 0.2) is 0 Å². The molecule has 0 radical (unpaired) electrons. The first kappa shape index (κ1) is 32.8. The number of hydrogen-bond acceptors (Lipinski definition) is 4. The third kappa shape index (κ3) is 8.10. The van der Waals surface area contributed by atoms with Gasteiger partial charge in [0, 0.05) is 17.1 Å². The van der Waals surface area contributed by atoms with Crippen molar-refractivity contribution >= 4 is 55.1 Å². The van der Waals surface area contributed by atoms with Crippen LogP contribution < -0.4 is 9.62 Å². The van der Waals surface area contributed by atoms with E-state index in [2.05, 4.69) is 21.2 Å². The van der Waals surface area contributed by atoms with Gasteiger partial charge in [-0.05, 0) is 67.8 Å². The lowest BCUT2D eigenvalue weighted by atomic mass is 10.1. The van der Waals surface area contributed by atoms with E-state index in [1.807, 2.05) is 0 Å². The average Bonchev–Trinajstić information content (AvgIpc) is 3.48. The van der Waals surface area contributed by atoms with Gasteiger partial charge in [-0.1, -0.05) is 70.7 Å². The Bertz CT molecular complexity index is 1550. The summed E-state index contributed by atoms with van der Waals surface area (Å²) < 4.78 is 70.1. The van der Waals surface area contributed by atoms with E-state index in [9.17, 15) is 31.2 Å². The smallest absolute Gasteiger partial charge is 0.352 e. The molecule has 3 aromatic carbocycles. The van der Waals surface area contributed by atoms with Gasteiger partial charge < -0.3 is 10.2 Å². The predicted molar refractivity (Wildman–Crippen MR) is 162 cm³/mol. The predicted octanol–water partition coefficient (Wildman–Crippen LogP) is 6.79. The van der Waals surface area contributed by atoms with Crippen LogP contribution >= 0.6 is 27.5 Å². The highest BCUT2D eigenvalue weighted by atomic mass is 79.9. The molecule has 7 nitrogen and oxygen atoms in total. The van der Waals surface area contributed by atoms with Crippen LogP contribution in [-0.2, 0) is 32.3 Å².